The third kappa shape index (κ3) is 2.76. The van der Waals surface area contributed by atoms with Gasteiger partial charge in [0.05, 0.1) is 16.8 Å². The molecule has 0 saturated heterocycles. The van der Waals surface area contributed by atoms with Gasteiger partial charge in [-0.3, -0.25) is 9.48 Å². The summed E-state index contributed by atoms with van der Waals surface area (Å²) in [6.45, 7) is 2.63. The fraction of sp³-hybridized carbons (Fsp3) is 0.231. The number of amides is 1. The zero-order valence-corrected chi connectivity index (χ0v) is 11.4. The van der Waals surface area contributed by atoms with E-state index in [1.807, 2.05) is 6.92 Å². The average molecular weight is 282 g/mol. The number of carbonyl (C=O) groups is 1. The summed E-state index contributed by atoms with van der Waals surface area (Å²) in [6, 6.07) is 4.15. The van der Waals surface area contributed by atoms with Gasteiger partial charge in [0, 0.05) is 25.5 Å². The molecule has 1 aromatic carbocycles. The van der Waals surface area contributed by atoms with Crippen molar-refractivity contribution in [1.29, 1.82) is 0 Å². The van der Waals surface area contributed by atoms with Gasteiger partial charge in [0.2, 0.25) is 0 Å². The molecule has 0 unspecified atom stereocenters. The lowest BCUT2D eigenvalue weighted by atomic mass is 10.2. The largest absolute Gasteiger partial charge is 0.311 e. The molecule has 0 radical (unpaired) electrons. The summed E-state index contributed by atoms with van der Waals surface area (Å²) in [7, 11) is 1.61. The van der Waals surface area contributed by atoms with Gasteiger partial charge < -0.3 is 4.90 Å². The lowest BCUT2D eigenvalue weighted by Crippen LogP contribution is -2.25. The van der Waals surface area contributed by atoms with Crippen molar-refractivity contribution in [3.05, 3.63) is 47.0 Å². The molecule has 2 aromatic rings. The number of rotatable bonds is 3. The van der Waals surface area contributed by atoms with Gasteiger partial charge in [-0.25, -0.2) is 4.39 Å². The predicted octanol–water partition coefficient (Wildman–Crippen LogP) is 2.97. The van der Waals surface area contributed by atoms with E-state index in [1.54, 1.807) is 17.9 Å². The molecule has 0 aliphatic rings. The molecule has 1 amide bonds. The molecule has 100 valence electrons. The molecule has 0 N–H and O–H groups in total. The second-order valence-electron chi connectivity index (χ2n) is 4.05. The van der Waals surface area contributed by atoms with E-state index >= 15 is 0 Å². The van der Waals surface area contributed by atoms with Crippen LogP contribution in [0.4, 0.5) is 10.1 Å². The monoisotopic (exact) mass is 281 g/mol. The first-order valence-electron chi connectivity index (χ1n) is 5.78. The lowest BCUT2D eigenvalue weighted by Gasteiger charge is -2.16. The third-order valence-corrected chi connectivity index (χ3v) is 3.09. The SMILES string of the molecule is CCn1cc(C(=O)N(C)c2ccc(F)c(Cl)c2)cn1. The van der Waals surface area contributed by atoms with E-state index < -0.39 is 5.82 Å². The summed E-state index contributed by atoms with van der Waals surface area (Å²) in [5.41, 5.74) is 1.01. The lowest BCUT2D eigenvalue weighted by molar-refractivity contribution is 0.0993. The van der Waals surface area contributed by atoms with Crippen molar-refractivity contribution in [1.82, 2.24) is 9.78 Å². The topological polar surface area (TPSA) is 38.1 Å². The molecule has 0 aliphatic carbocycles. The van der Waals surface area contributed by atoms with Crippen LogP contribution in [0.15, 0.2) is 30.6 Å². The Morgan fingerprint density at radius 1 is 1.53 bits per heavy atom. The van der Waals surface area contributed by atoms with Crippen LogP contribution in [-0.2, 0) is 6.54 Å². The number of hydrogen-bond donors (Lipinski definition) is 0. The fourth-order valence-electron chi connectivity index (χ4n) is 1.65. The van der Waals surface area contributed by atoms with Crippen molar-refractivity contribution in [2.24, 2.45) is 0 Å². The molecule has 2 rings (SSSR count). The maximum absolute atomic E-state index is 13.1. The summed E-state index contributed by atoms with van der Waals surface area (Å²) >= 11 is 5.71. The number of nitrogens with zero attached hydrogens (tertiary/aromatic N) is 3. The van der Waals surface area contributed by atoms with Crippen LogP contribution in [-0.4, -0.2) is 22.7 Å². The maximum Gasteiger partial charge on any atom is 0.261 e. The number of carbonyl (C=O) groups excluding carboxylic acids is 1. The molecule has 4 nitrogen and oxygen atoms in total. The molecule has 19 heavy (non-hydrogen) atoms. The Morgan fingerprint density at radius 2 is 2.26 bits per heavy atom. The minimum absolute atomic E-state index is 0.0126. The fourth-order valence-corrected chi connectivity index (χ4v) is 1.83. The second-order valence-corrected chi connectivity index (χ2v) is 4.45. The molecule has 6 heteroatoms. The number of aromatic nitrogens is 2. The Morgan fingerprint density at radius 3 is 2.84 bits per heavy atom. The van der Waals surface area contributed by atoms with Crippen LogP contribution < -0.4 is 4.90 Å². The van der Waals surface area contributed by atoms with Gasteiger partial charge in [0.15, 0.2) is 0 Å². The van der Waals surface area contributed by atoms with E-state index in [4.69, 9.17) is 11.6 Å². The summed E-state index contributed by atoms with van der Waals surface area (Å²) in [6.07, 6.45) is 3.18. The molecule has 0 aliphatic heterocycles. The molecular weight excluding hydrogens is 269 g/mol. The number of benzene rings is 1. The molecular formula is C13H13ClFN3O. The van der Waals surface area contributed by atoms with E-state index in [0.717, 1.165) is 0 Å². The van der Waals surface area contributed by atoms with E-state index in [2.05, 4.69) is 5.10 Å². The molecule has 1 heterocycles. The highest BCUT2D eigenvalue weighted by Gasteiger charge is 2.16. The molecule has 0 saturated carbocycles. The van der Waals surface area contributed by atoms with Crippen LogP contribution in [0, 0.1) is 5.82 Å². The summed E-state index contributed by atoms with van der Waals surface area (Å²) < 4.78 is 14.8. The van der Waals surface area contributed by atoms with Gasteiger partial charge in [-0.05, 0) is 25.1 Å². The van der Waals surface area contributed by atoms with Gasteiger partial charge in [0.1, 0.15) is 5.82 Å². The minimum Gasteiger partial charge on any atom is -0.311 e. The van der Waals surface area contributed by atoms with Crippen molar-refractivity contribution >= 4 is 23.2 Å². The summed E-state index contributed by atoms with van der Waals surface area (Å²) in [5.74, 6) is -0.729. The number of hydrogen-bond acceptors (Lipinski definition) is 2. The smallest absolute Gasteiger partial charge is 0.261 e. The predicted molar refractivity (Wildman–Crippen MR) is 72.0 cm³/mol. The van der Waals surface area contributed by atoms with Crippen molar-refractivity contribution in [2.75, 3.05) is 11.9 Å². The van der Waals surface area contributed by atoms with E-state index in [0.29, 0.717) is 17.8 Å². The zero-order chi connectivity index (χ0) is 14.0. The first-order chi connectivity index (χ1) is 9.02. The second kappa shape index (κ2) is 5.40. The summed E-state index contributed by atoms with van der Waals surface area (Å²) in [4.78, 5) is 13.6. The van der Waals surface area contributed by atoms with Crippen LogP contribution in [0.3, 0.4) is 0 Å². The van der Waals surface area contributed by atoms with Crippen LogP contribution in [0.1, 0.15) is 17.3 Å². The van der Waals surface area contributed by atoms with Crippen molar-refractivity contribution < 1.29 is 9.18 Å². The Hall–Kier alpha value is -1.88. The Balaban J connectivity index is 2.25. The molecule has 0 atom stereocenters. The Bertz CT molecular complexity index is 612. The van der Waals surface area contributed by atoms with E-state index in [1.165, 1.54) is 29.3 Å². The van der Waals surface area contributed by atoms with Crippen molar-refractivity contribution in [3.63, 3.8) is 0 Å². The standard InChI is InChI=1S/C13H13ClFN3O/c1-3-18-8-9(7-16-18)13(19)17(2)10-4-5-12(15)11(14)6-10/h4-8H,3H2,1-2H3. The molecule has 0 fully saturated rings. The number of aryl methyl sites for hydroxylation is 1. The quantitative estimate of drug-likeness (QED) is 0.867. The van der Waals surface area contributed by atoms with Crippen LogP contribution in [0.2, 0.25) is 5.02 Å². The first-order valence-corrected chi connectivity index (χ1v) is 6.16. The van der Waals surface area contributed by atoms with Crippen molar-refractivity contribution in [2.45, 2.75) is 13.5 Å². The van der Waals surface area contributed by atoms with Crippen LogP contribution in [0.25, 0.3) is 0 Å². The van der Waals surface area contributed by atoms with E-state index in [9.17, 15) is 9.18 Å². The van der Waals surface area contributed by atoms with Gasteiger partial charge >= 0.3 is 0 Å². The highest BCUT2D eigenvalue weighted by molar-refractivity contribution is 6.31. The van der Waals surface area contributed by atoms with Crippen molar-refractivity contribution in [3.8, 4) is 0 Å². The molecule has 0 bridgehead atoms. The van der Waals surface area contributed by atoms with Gasteiger partial charge in [-0.15, -0.1) is 0 Å². The average Bonchev–Trinajstić information content (AvgIpc) is 2.89. The summed E-state index contributed by atoms with van der Waals surface area (Å²) in [5, 5.41) is 4.03. The normalized spacial score (nSPS) is 10.5. The van der Waals surface area contributed by atoms with Gasteiger partial charge in [-0.2, -0.15) is 5.10 Å². The highest BCUT2D eigenvalue weighted by atomic mass is 35.5. The molecule has 1 aromatic heterocycles. The van der Waals surface area contributed by atoms with Gasteiger partial charge in [-0.1, -0.05) is 11.6 Å². The number of anilines is 1. The van der Waals surface area contributed by atoms with Crippen LogP contribution in [0.5, 0.6) is 0 Å². The molecule has 0 spiro atoms. The Labute approximate surface area is 115 Å². The minimum atomic E-state index is -0.509. The zero-order valence-electron chi connectivity index (χ0n) is 10.6. The first kappa shape index (κ1) is 13.5. The van der Waals surface area contributed by atoms with E-state index in [-0.39, 0.29) is 10.9 Å². The van der Waals surface area contributed by atoms with Crippen LogP contribution >= 0.6 is 11.6 Å². The highest BCUT2D eigenvalue weighted by Crippen LogP contribution is 2.22. The third-order valence-electron chi connectivity index (χ3n) is 2.80. The number of halogens is 2. The maximum atomic E-state index is 13.1. The van der Waals surface area contributed by atoms with Gasteiger partial charge in [0.25, 0.3) is 5.91 Å². The Kier molecular flexibility index (Phi) is 3.85.